The normalized spacial score (nSPS) is 22.3. The van der Waals surface area contributed by atoms with Crippen molar-refractivity contribution in [1.29, 1.82) is 0 Å². The average molecular weight is 208 g/mol. The summed E-state index contributed by atoms with van der Waals surface area (Å²) in [5.41, 5.74) is 2.54. The second-order valence-corrected chi connectivity index (χ2v) is 4.40. The van der Waals surface area contributed by atoms with Gasteiger partial charge in [-0.2, -0.15) is 0 Å². The monoisotopic (exact) mass is 208 g/mol. The minimum Gasteiger partial charge on any atom is -0.373 e. The van der Waals surface area contributed by atoms with Gasteiger partial charge in [0.25, 0.3) is 0 Å². The van der Waals surface area contributed by atoms with E-state index in [1.165, 1.54) is 24.0 Å². The zero-order chi connectivity index (χ0) is 9.97. The fourth-order valence-corrected chi connectivity index (χ4v) is 2.20. The summed E-state index contributed by atoms with van der Waals surface area (Å²) in [6.45, 7) is 3.01. The molecule has 0 saturated carbocycles. The average Bonchev–Trinajstić information content (AvgIpc) is 2.23. The van der Waals surface area contributed by atoms with Crippen LogP contribution < -0.4 is 0 Å². The van der Waals surface area contributed by atoms with E-state index in [2.05, 4.69) is 37.8 Å². The van der Waals surface area contributed by atoms with E-state index in [0.717, 1.165) is 17.9 Å². The molecule has 1 atom stereocenters. The summed E-state index contributed by atoms with van der Waals surface area (Å²) in [4.78, 5) is 1.06. The summed E-state index contributed by atoms with van der Waals surface area (Å²) in [6.07, 6.45) is 3.88. The summed E-state index contributed by atoms with van der Waals surface area (Å²) in [5.74, 6) is 0. The highest BCUT2D eigenvalue weighted by molar-refractivity contribution is 7.80. The van der Waals surface area contributed by atoms with Gasteiger partial charge in [-0.1, -0.05) is 17.7 Å². The van der Waals surface area contributed by atoms with Crippen LogP contribution in [0.4, 0.5) is 0 Å². The summed E-state index contributed by atoms with van der Waals surface area (Å²) in [7, 11) is 0. The Kier molecular flexibility index (Phi) is 3.14. The van der Waals surface area contributed by atoms with E-state index in [-0.39, 0.29) is 6.10 Å². The third-order valence-corrected chi connectivity index (χ3v) is 3.12. The summed E-state index contributed by atoms with van der Waals surface area (Å²) >= 11 is 4.48. The molecule has 1 heterocycles. The Morgan fingerprint density at radius 1 is 1.36 bits per heavy atom. The van der Waals surface area contributed by atoms with Crippen LogP contribution in [-0.2, 0) is 4.74 Å². The van der Waals surface area contributed by atoms with Crippen molar-refractivity contribution >= 4 is 12.6 Å². The van der Waals surface area contributed by atoms with Gasteiger partial charge in [-0.3, -0.25) is 0 Å². The van der Waals surface area contributed by atoms with Crippen LogP contribution >= 0.6 is 12.6 Å². The largest absolute Gasteiger partial charge is 0.373 e. The molecule has 14 heavy (non-hydrogen) atoms. The van der Waals surface area contributed by atoms with Crippen molar-refractivity contribution < 1.29 is 4.74 Å². The van der Waals surface area contributed by atoms with Crippen LogP contribution in [0.3, 0.4) is 0 Å². The lowest BCUT2D eigenvalue weighted by molar-refractivity contribution is 0.0134. The first kappa shape index (κ1) is 10.1. The number of rotatable bonds is 1. The topological polar surface area (TPSA) is 9.23 Å². The summed E-state index contributed by atoms with van der Waals surface area (Å²) in [6, 6.07) is 6.35. The molecule has 1 aromatic rings. The third-order valence-electron chi connectivity index (χ3n) is 2.71. The molecule has 0 aromatic heterocycles. The van der Waals surface area contributed by atoms with E-state index in [0.29, 0.717) is 0 Å². The number of benzene rings is 1. The second-order valence-electron chi connectivity index (χ2n) is 3.92. The molecule has 1 nitrogen and oxygen atoms in total. The molecular weight excluding hydrogens is 192 g/mol. The molecule has 2 rings (SSSR count). The molecule has 0 amide bonds. The van der Waals surface area contributed by atoms with Gasteiger partial charge in [-0.15, -0.1) is 12.6 Å². The molecule has 0 aliphatic carbocycles. The van der Waals surface area contributed by atoms with E-state index in [4.69, 9.17) is 4.74 Å². The van der Waals surface area contributed by atoms with Crippen LogP contribution in [0.2, 0.25) is 0 Å². The van der Waals surface area contributed by atoms with E-state index in [1.807, 2.05) is 0 Å². The summed E-state index contributed by atoms with van der Waals surface area (Å²) < 4.78 is 5.75. The van der Waals surface area contributed by atoms with Crippen LogP contribution in [0.15, 0.2) is 23.1 Å². The van der Waals surface area contributed by atoms with Crippen molar-refractivity contribution in [3.63, 3.8) is 0 Å². The molecule has 1 aliphatic heterocycles. The number of thiol groups is 1. The van der Waals surface area contributed by atoms with Gasteiger partial charge in [-0.25, -0.2) is 0 Å². The molecule has 0 spiro atoms. The van der Waals surface area contributed by atoms with Gasteiger partial charge >= 0.3 is 0 Å². The molecule has 76 valence electrons. The van der Waals surface area contributed by atoms with Gasteiger partial charge in [0.05, 0.1) is 6.10 Å². The molecule has 0 N–H and O–H groups in total. The fourth-order valence-electron chi connectivity index (χ4n) is 1.92. The predicted molar refractivity (Wildman–Crippen MR) is 61.0 cm³/mol. The maximum absolute atomic E-state index is 5.75. The molecule has 1 saturated heterocycles. The van der Waals surface area contributed by atoms with Crippen molar-refractivity contribution in [2.24, 2.45) is 0 Å². The molecule has 1 aliphatic rings. The minimum absolute atomic E-state index is 0.274. The smallest absolute Gasteiger partial charge is 0.0835 e. The maximum atomic E-state index is 5.75. The van der Waals surface area contributed by atoms with Gasteiger partial charge in [0, 0.05) is 11.5 Å². The molecule has 1 fully saturated rings. The van der Waals surface area contributed by atoms with Gasteiger partial charge in [0.1, 0.15) is 0 Å². The van der Waals surface area contributed by atoms with Crippen LogP contribution in [0.5, 0.6) is 0 Å². The quantitative estimate of drug-likeness (QED) is 0.695. The lowest BCUT2D eigenvalue weighted by atomic mass is 10.00. The highest BCUT2D eigenvalue weighted by Gasteiger charge is 2.17. The third kappa shape index (κ3) is 2.12. The van der Waals surface area contributed by atoms with Crippen LogP contribution in [0, 0.1) is 6.92 Å². The number of aryl methyl sites for hydroxylation is 1. The first-order chi connectivity index (χ1) is 6.77. The van der Waals surface area contributed by atoms with Crippen LogP contribution in [0.1, 0.15) is 36.5 Å². The van der Waals surface area contributed by atoms with Crippen LogP contribution in [-0.4, -0.2) is 6.61 Å². The maximum Gasteiger partial charge on any atom is 0.0835 e. The first-order valence-corrected chi connectivity index (χ1v) is 5.63. The molecule has 1 unspecified atom stereocenters. The Labute approximate surface area is 90.9 Å². The zero-order valence-electron chi connectivity index (χ0n) is 8.49. The Bertz CT molecular complexity index is 316. The van der Waals surface area contributed by atoms with Crippen molar-refractivity contribution in [1.82, 2.24) is 0 Å². The van der Waals surface area contributed by atoms with Gasteiger partial charge in [0.2, 0.25) is 0 Å². The Morgan fingerprint density at radius 2 is 2.21 bits per heavy atom. The van der Waals surface area contributed by atoms with Crippen molar-refractivity contribution in [3.8, 4) is 0 Å². The van der Waals surface area contributed by atoms with Crippen molar-refractivity contribution in [2.75, 3.05) is 6.61 Å². The SMILES string of the molecule is Cc1ccc(S)c(C2CCCCO2)c1. The van der Waals surface area contributed by atoms with E-state index < -0.39 is 0 Å². The molecule has 2 heteroatoms. The zero-order valence-corrected chi connectivity index (χ0v) is 9.39. The van der Waals surface area contributed by atoms with E-state index in [9.17, 15) is 0 Å². The number of ether oxygens (including phenoxy) is 1. The number of hydrogen-bond donors (Lipinski definition) is 1. The Balaban J connectivity index is 2.24. The number of hydrogen-bond acceptors (Lipinski definition) is 2. The minimum atomic E-state index is 0.274. The van der Waals surface area contributed by atoms with E-state index in [1.54, 1.807) is 0 Å². The van der Waals surface area contributed by atoms with Gasteiger partial charge < -0.3 is 4.74 Å². The molecule has 0 bridgehead atoms. The van der Waals surface area contributed by atoms with E-state index >= 15 is 0 Å². The second kappa shape index (κ2) is 4.37. The predicted octanol–water partition coefficient (Wildman–Crippen LogP) is 3.53. The van der Waals surface area contributed by atoms with Gasteiger partial charge in [0.15, 0.2) is 0 Å². The van der Waals surface area contributed by atoms with Crippen LogP contribution in [0.25, 0.3) is 0 Å². The highest BCUT2D eigenvalue weighted by Crippen LogP contribution is 2.32. The molecular formula is C12H16OS. The van der Waals surface area contributed by atoms with Crippen molar-refractivity contribution in [3.05, 3.63) is 29.3 Å². The lowest BCUT2D eigenvalue weighted by Gasteiger charge is -2.24. The van der Waals surface area contributed by atoms with Crippen molar-refractivity contribution in [2.45, 2.75) is 37.2 Å². The molecule has 0 radical (unpaired) electrons. The summed E-state index contributed by atoms with van der Waals surface area (Å²) in [5, 5.41) is 0. The highest BCUT2D eigenvalue weighted by atomic mass is 32.1. The van der Waals surface area contributed by atoms with Gasteiger partial charge in [-0.05, 0) is 37.8 Å². The fraction of sp³-hybridized carbons (Fsp3) is 0.500. The lowest BCUT2D eigenvalue weighted by Crippen LogP contribution is -2.12. The Hall–Kier alpha value is -0.470. The standard InChI is InChI=1S/C12H16OS/c1-9-5-6-12(14)10(8-9)11-4-2-3-7-13-11/h5-6,8,11,14H,2-4,7H2,1H3. The Morgan fingerprint density at radius 3 is 2.93 bits per heavy atom. The first-order valence-electron chi connectivity index (χ1n) is 5.18. The molecule has 1 aromatic carbocycles.